The van der Waals surface area contributed by atoms with Gasteiger partial charge >= 0.3 is 0 Å². The summed E-state index contributed by atoms with van der Waals surface area (Å²) in [6, 6.07) is 13.5. The molecule has 1 N–H and O–H groups in total. The summed E-state index contributed by atoms with van der Waals surface area (Å²) in [4.78, 5) is 16.2. The Bertz CT molecular complexity index is 706. The number of benzene rings is 1. The quantitative estimate of drug-likeness (QED) is 0.922. The number of hydrogen-bond acceptors (Lipinski definition) is 2. The van der Waals surface area contributed by atoms with Crippen LogP contribution in [0.1, 0.15) is 18.1 Å². The van der Waals surface area contributed by atoms with E-state index < -0.39 is 0 Å². The van der Waals surface area contributed by atoms with Crippen molar-refractivity contribution in [2.45, 2.75) is 6.92 Å². The maximum Gasteiger partial charge on any atom is 0.256 e. The third-order valence-corrected chi connectivity index (χ3v) is 3.33. The van der Waals surface area contributed by atoms with Gasteiger partial charge in [0.1, 0.15) is 0 Å². The van der Waals surface area contributed by atoms with E-state index in [4.69, 9.17) is 0 Å². The van der Waals surface area contributed by atoms with Crippen LogP contribution in [0.2, 0.25) is 0 Å². The largest absolute Gasteiger partial charge is 0.322 e. The molecule has 0 radical (unpaired) electrons. The fraction of sp³-hybridized carbons (Fsp3) is 0.0588. The highest BCUT2D eigenvalue weighted by atomic mass is 35.5. The van der Waals surface area contributed by atoms with Crippen LogP contribution < -0.4 is 5.32 Å². The summed E-state index contributed by atoms with van der Waals surface area (Å²) < 4.78 is 0. The second-order valence-electron chi connectivity index (χ2n) is 4.66. The Morgan fingerprint density at radius 2 is 1.71 bits per heavy atom. The van der Waals surface area contributed by atoms with Crippen molar-refractivity contribution in [1.29, 1.82) is 0 Å². The van der Waals surface area contributed by atoms with Gasteiger partial charge in [-0.2, -0.15) is 0 Å². The van der Waals surface area contributed by atoms with Crippen LogP contribution in [-0.4, -0.2) is 10.9 Å². The Hall–Kier alpha value is -2.39. The number of aromatic nitrogens is 1. The lowest BCUT2D eigenvalue weighted by molar-refractivity contribution is -0.114. The molecule has 0 unspecified atom stereocenters. The molecule has 106 valence electrons. The van der Waals surface area contributed by atoms with E-state index in [0.717, 1.165) is 28.0 Å². The first kappa shape index (κ1) is 15.0. The molecule has 0 aliphatic carbocycles. The number of nitrogens with zero attached hydrogens (tertiary/aromatic N) is 1. The molecule has 3 rings (SSSR count). The normalized spacial score (nSPS) is 15.9. The number of hydrogen-bond donors (Lipinski definition) is 1. The van der Waals surface area contributed by atoms with E-state index in [-0.39, 0.29) is 18.3 Å². The number of carbonyl (C=O) groups is 1. The van der Waals surface area contributed by atoms with Gasteiger partial charge in [0.25, 0.3) is 5.91 Å². The molecule has 0 bridgehead atoms. The SMILES string of the molecule is CC1=C(c2ccccc2)C(=O)N/C1=C/c1ccncc1.Cl. The molecular formula is C17H15ClN2O. The van der Waals surface area contributed by atoms with Gasteiger partial charge in [0.05, 0.1) is 5.57 Å². The second-order valence-corrected chi connectivity index (χ2v) is 4.66. The van der Waals surface area contributed by atoms with Gasteiger partial charge in [-0.1, -0.05) is 30.3 Å². The Kier molecular flexibility index (Phi) is 4.55. The maximum atomic E-state index is 12.2. The first-order valence-corrected chi connectivity index (χ1v) is 6.45. The second kappa shape index (κ2) is 6.37. The average Bonchev–Trinajstić information content (AvgIpc) is 2.75. The minimum atomic E-state index is -0.0472. The molecule has 4 heteroatoms. The molecule has 0 atom stereocenters. The number of pyridine rings is 1. The maximum absolute atomic E-state index is 12.2. The van der Waals surface area contributed by atoms with Gasteiger partial charge in [-0.15, -0.1) is 12.4 Å². The molecule has 0 spiro atoms. The number of halogens is 1. The molecule has 0 saturated heterocycles. The lowest BCUT2D eigenvalue weighted by atomic mass is 10.0. The van der Waals surface area contributed by atoms with Gasteiger partial charge in [0, 0.05) is 18.1 Å². The van der Waals surface area contributed by atoms with Crippen molar-refractivity contribution in [3.8, 4) is 0 Å². The molecule has 1 amide bonds. The molecule has 3 nitrogen and oxygen atoms in total. The van der Waals surface area contributed by atoms with Gasteiger partial charge in [-0.05, 0) is 41.8 Å². The Morgan fingerprint density at radius 1 is 1.05 bits per heavy atom. The van der Waals surface area contributed by atoms with Gasteiger partial charge in [-0.25, -0.2) is 0 Å². The predicted molar refractivity (Wildman–Crippen MR) is 86.6 cm³/mol. The number of allylic oxidation sites excluding steroid dienone is 1. The minimum Gasteiger partial charge on any atom is -0.322 e. The first-order valence-electron chi connectivity index (χ1n) is 6.45. The Labute approximate surface area is 129 Å². The third kappa shape index (κ3) is 3.03. The summed E-state index contributed by atoms with van der Waals surface area (Å²) in [5.74, 6) is -0.0472. The van der Waals surface area contributed by atoms with Gasteiger partial charge in [0.15, 0.2) is 0 Å². The molecular weight excluding hydrogens is 284 g/mol. The summed E-state index contributed by atoms with van der Waals surface area (Å²) in [5, 5.41) is 2.93. The Balaban J connectivity index is 0.00000161. The lowest BCUT2D eigenvalue weighted by Crippen LogP contribution is -2.15. The monoisotopic (exact) mass is 298 g/mol. The van der Waals surface area contributed by atoms with Crippen molar-refractivity contribution >= 4 is 30.0 Å². The van der Waals surface area contributed by atoms with Crippen molar-refractivity contribution in [3.05, 3.63) is 77.3 Å². The topological polar surface area (TPSA) is 42.0 Å². The van der Waals surface area contributed by atoms with Crippen molar-refractivity contribution in [2.24, 2.45) is 0 Å². The molecule has 2 heterocycles. The summed E-state index contributed by atoms with van der Waals surface area (Å²) in [5.41, 5.74) is 4.52. The highest BCUT2D eigenvalue weighted by Crippen LogP contribution is 2.29. The molecule has 0 fully saturated rings. The van der Waals surface area contributed by atoms with Crippen LogP contribution in [0.15, 0.2) is 66.1 Å². The van der Waals surface area contributed by atoms with Crippen LogP contribution in [0, 0.1) is 0 Å². The fourth-order valence-corrected chi connectivity index (χ4v) is 2.31. The molecule has 0 saturated carbocycles. The zero-order valence-electron chi connectivity index (χ0n) is 11.5. The van der Waals surface area contributed by atoms with Gasteiger partial charge in [0.2, 0.25) is 0 Å². The van der Waals surface area contributed by atoms with Crippen LogP contribution in [0.3, 0.4) is 0 Å². The minimum absolute atomic E-state index is 0. The summed E-state index contributed by atoms with van der Waals surface area (Å²) in [7, 11) is 0. The molecule has 1 aliphatic rings. The van der Waals surface area contributed by atoms with Crippen LogP contribution >= 0.6 is 12.4 Å². The van der Waals surface area contributed by atoms with Crippen molar-refractivity contribution in [3.63, 3.8) is 0 Å². The standard InChI is InChI=1S/C17H14N2O.ClH/c1-12-15(11-13-7-9-18-10-8-13)19-17(20)16(12)14-5-3-2-4-6-14;/h2-11H,1H3,(H,19,20);1H/b15-11+;. The number of rotatable bonds is 2. The average molecular weight is 299 g/mol. The zero-order chi connectivity index (χ0) is 13.9. The number of nitrogens with one attached hydrogen (secondary N) is 1. The molecule has 1 aromatic carbocycles. The lowest BCUT2D eigenvalue weighted by Gasteiger charge is -2.00. The van der Waals surface area contributed by atoms with E-state index in [1.165, 1.54) is 0 Å². The van der Waals surface area contributed by atoms with E-state index in [0.29, 0.717) is 0 Å². The van der Waals surface area contributed by atoms with Crippen LogP contribution in [0.4, 0.5) is 0 Å². The summed E-state index contributed by atoms with van der Waals surface area (Å²) in [6.45, 7) is 1.97. The smallest absolute Gasteiger partial charge is 0.256 e. The van der Waals surface area contributed by atoms with E-state index in [9.17, 15) is 4.79 Å². The van der Waals surface area contributed by atoms with Crippen LogP contribution in [0.25, 0.3) is 11.6 Å². The first-order chi connectivity index (χ1) is 9.75. The Morgan fingerprint density at radius 3 is 2.38 bits per heavy atom. The molecule has 2 aromatic rings. The molecule has 1 aliphatic heterocycles. The van der Waals surface area contributed by atoms with Crippen LogP contribution in [-0.2, 0) is 4.79 Å². The van der Waals surface area contributed by atoms with E-state index in [1.807, 2.05) is 55.5 Å². The molecule has 1 aromatic heterocycles. The zero-order valence-corrected chi connectivity index (χ0v) is 12.4. The summed E-state index contributed by atoms with van der Waals surface area (Å²) >= 11 is 0. The number of carbonyl (C=O) groups excluding carboxylic acids is 1. The number of amides is 1. The van der Waals surface area contributed by atoms with Gasteiger partial charge in [-0.3, -0.25) is 9.78 Å². The highest BCUT2D eigenvalue weighted by Gasteiger charge is 2.24. The van der Waals surface area contributed by atoms with Gasteiger partial charge < -0.3 is 5.32 Å². The van der Waals surface area contributed by atoms with Crippen molar-refractivity contribution in [2.75, 3.05) is 0 Å². The molecule has 21 heavy (non-hydrogen) atoms. The van der Waals surface area contributed by atoms with E-state index >= 15 is 0 Å². The van der Waals surface area contributed by atoms with E-state index in [2.05, 4.69) is 10.3 Å². The van der Waals surface area contributed by atoms with E-state index in [1.54, 1.807) is 12.4 Å². The fourth-order valence-electron chi connectivity index (χ4n) is 2.31. The predicted octanol–water partition coefficient (Wildman–Crippen LogP) is 3.45. The van der Waals surface area contributed by atoms with Crippen molar-refractivity contribution < 1.29 is 4.79 Å². The highest BCUT2D eigenvalue weighted by molar-refractivity contribution is 6.25. The van der Waals surface area contributed by atoms with Crippen LogP contribution in [0.5, 0.6) is 0 Å². The summed E-state index contributed by atoms with van der Waals surface area (Å²) in [6.07, 6.45) is 5.44. The van der Waals surface area contributed by atoms with Crippen molar-refractivity contribution in [1.82, 2.24) is 10.3 Å². The third-order valence-electron chi connectivity index (χ3n) is 3.33.